The van der Waals surface area contributed by atoms with Gasteiger partial charge >= 0.3 is 0 Å². The van der Waals surface area contributed by atoms with Crippen LogP contribution in [-0.4, -0.2) is 22.1 Å². The zero-order chi connectivity index (χ0) is 13.7. The summed E-state index contributed by atoms with van der Waals surface area (Å²) >= 11 is 0. The van der Waals surface area contributed by atoms with Crippen molar-refractivity contribution >= 4 is 0 Å². The Morgan fingerprint density at radius 1 is 1.11 bits per heavy atom. The van der Waals surface area contributed by atoms with Crippen molar-refractivity contribution in [1.82, 2.24) is 20.3 Å². The molecular weight excluding hydrogens is 240 g/mol. The fourth-order valence-corrected chi connectivity index (χ4v) is 1.83. The third-order valence-electron chi connectivity index (χ3n) is 2.66. The van der Waals surface area contributed by atoms with E-state index >= 15 is 0 Å². The number of ether oxygens (including phenoxy) is 1. The number of pyridine rings is 1. The molecule has 0 atom stereocenters. The standard InChI is InChI=1S/C14H18N4O/c1-10-6-14(19-3)7-13(17-10)9-15-8-12-4-5-16-11(2)18-12/h4-7,15H,8-9H2,1-3H3. The molecular formula is C14H18N4O. The Hall–Kier alpha value is -2.01. The topological polar surface area (TPSA) is 59.9 Å². The first-order chi connectivity index (χ1) is 9.17. The van der Waals surface area contributed by atoms with Crippen molar-refractivity contribution < 1.29 is 4.74 Å². The molecule has 0 fully saturated rings. The highest BCUT2D eigenvalue weighted by atomic mass is 16.5. The molecule has 0 spiro atoms. The number of hydrogen-bond acceptors (Lipinski definition) is 5. The molecule has 2 heterocycles. The summed E-state index contributed by atoms with van der Waals surface area (Å²) in [4.78, 5) is 12.9. The molecule has 100 valence electrons. The van der Waals surface area contributed by atoms with E-state index < -0.39 is 0 Å². The Kier molecular flexibility index (Phi) is 4.41. The molecule has 2 rings (SSSR count). The lowest BCUT2D eigenvalue weighted by Crippen LogP contribution is -2.15. The van der Waals surface area contributed by atoms with Gasteiger partial charge in [0, 0.05) is 37.1 Å². The van der Waals surface area contributed by atoms with Gasteiger partial charge < -0.3 is 10.1 Å². The number of methoxy groups -OCH3 is 1. The molecule has 0 bridgehead atoms. The molecule has 0 saturated heterocycles. The summed E-state index contributed by atoms with van der Waals surface area (Å²) in [5.74, 6) is 1.62. The Morgan fingerprint density at radius 3 is 2.63 bits per heavy atom. The van der Waals surface area contributed by atoms with Gasteiger partial charge in [0.2, 0.25) is 0 Å². The van der Waals surface area contributed by atoms with Crippen LogP contribution in [0.5, 0.6) is 5.75 Å². The predicted molar refractivity (Wildman–Crippen MR) is 72.8 cm³/mol. The number of rotatable bonds is 5. The highest BCUT2D eigenvalue weighted by Crippen LogP contribution is 2.13. The molecule has 0 saturated carbocycles. The molecule has 0 unspecified atom stereocenters. The van der Waals surface area contributed by atoms with Crippen LogP contribution in [0.3, 0.4) is 0 Å². The van der Waals surface area contributed by atoms with E-state index in [-0.39, 0.29) is 0 Å². The first-order valence-corrected chi connectivity index (χ1v) is 6.18. The van der Waals surface area contributed by atoms with E-state index in [0.717, 1.165) is 28.7 Å². The Bertz CT molecular complexity index is 557. The quantitative estimate of drug-likeness (QED) is 0.886. The SMILES string of the molecule is COc1cc(C)nc(CNCc2ccnc(C)n2)c1. The molecule has 5 nitrogen and oxygen atoms in total. The number of hydrogen-bond donors (Lipinski definition) is 1. The molecule has 19 heavy (non-hydrogen) atoms. The number of aromatic nitrogens is 3. The molecule has 0 radical (unpaired) electrons. The summed E-state index contributed by atoms with van der Waals surface area (Å²) < 4.78 is 5.23. The third kappa shape index (κ3) is 3.99. The lowest BCUT2D eigenvalue weighted by atomic mass is 10.3. The van der Waals surface area contributed by atoms with Gasteiger partial charge in [0.1, 0.15) is 11.6 Å². The first-order valence-electron chi connectivity index (χ1n) is 6.18. The normalized spacial score (nSPS) is 10.5. The van der Waals surface area contributed by atoms with Crippen LogP contribution in [0.15, 0.2) is 24.4 Å². The van der Waals surface area contributed by atoms with Gasteiger partial charge in [-0.2, -0.15) is 0 Å². The molecule has 5 heteroatoms. The van der Waals surface area contributed by atoms with Gasteiger partial charge in [-0.1, -0.05) is 0 Å². The van der Waals surface area contributed by atoms with Crippen molar-refractivity contribution in [1.29, 1.82) is 0 Å². The van der Waals surface area contributed by atoms with Crippen LogP contribution in [-0.2, 0) is 13.1 Å². The number of nitrogens with one attached hydrogen (secondary N) is 1. The Labute approximate surface area is 113 Å². The van der Waals surface area contributed by atoms with Gasteiger partial charge in [-0.05, 0) is 19.9 Å². The summed E-state index contributed by atoms with van der Waals surface area (Å²) in [6.45, 7) is 5.22. The maximum Gasteiger partial charge on any atom is 0.125 e. The largest absolute Gasteiger partial charge is 0.497 e. The second-order valence-corrected chi connectivity index (χ2v) is 4.34. The van der Waals surface area contributed by atoms with Crippen molar-refractivity contribution in [3.05, 3.63) is 47.3 Å². The van der Waals surface area contributed by atoms with E-state index in [1.807, 2.05) is 32.0 Å². The minimum absolute atomic E-state index is 0.682. The van der Waals surface area contributed by atoms with E-state index in [2.05, 4.69) is 20.3 Å². The van der Waals surface area contributed by atoms with E-state index in [1.165, 1.54) is 0 Å². The fourth-order valence-electron chi connectivity index (χ4n) is 1.83. The van der Waals surface area contributed by atoms with Crippen LogP contribution in [0.1, 0.15) is 22.9 Å². The molecule has 2 aromatic heterocycles. The lowest BCUT2D eigenvalue weighted by molar-refractivity contribution is 0.412. The first kappa shape index (κ1) is 13.4. The lowest BCUT2D eigenvalue weighted by Gasteiger charge is -2.07. The average molecular weight is 258 g/mol. The summed E-state index contributed by atoms with van der Waals surface area (Å²) in [6.07, 6.45) is 1.77. The summed E-state index contributed by atoms with van der Waals surface area (Å²) in [6, 6.07) is 5.76. The van der Waals surface area contributed by atoms with Gasteiger partial charge in [0.15, 0.2) is 0 Å². The summed E-state index contributed by atoms with van der Waals surface area (Å²) in [7, 11) is 1.66. The maximum absolute atomic E-state index is 5.23. The van der Waals surface area contributed by atoms with Crippen molar-refractivity contribution in [2.45, 2.75) is 26.9 Å². The zero-order valence-electron chi connectivity index (χ0n) is 11.5. The zero-order valence-corrected chi connectivity index (χ0v) is 11.5. The van der Waals surface area contributed by atoms with Gasteiger partial charge in [-0.15, -0.1) is 0 Å². The molecule has 2 aromatic rings. The van der Waals surface area contributed by atoms with E-state index in [0.29, 0.717) is 13.1 Å². The van der Waals surface area contributed by atoms with E-state index in [4.69, 9.17) is 4.74 Å². The van der Waals surface area contributed by atoms with Gasteiger partial charge in [-0.3, -0.25) is 4.98 Å². The second kappa shape index (κ2) is 6.24. The van der Waals surface area contributed by atoms with E-state index in [9.17, 15) is 0 Å². The average Bonchev–Trinajstić information content (AvgIpc) is 2.38. The van der Waals surface area contributed by atoms with Gasteiger partial charge in [0.25, 0.3) is 0 Å². The molecule has 1 N–H and O–H groups in total. The summed E-state index contributed by atoms with van der Waals surface area (Å²) in [5.41, 5.74) is 2.89. The summed E-state index contributed by atoms with van der Waals surface area (Å²) in [5, 5.41) is 3.32. The van der Waals surface area contributed by atoms with Crippen molar-refractivity contribution in [2.24, 2.45) is 0 Å². The third-order valence-corrected chi connectivity index (χ3v) is 2.66. The molecule has 0 aliphatic carbocycles. The maximum atomic E-state index is 5.23. The Balaban J connectivity index is 1.94. The van der Waals surface area contributed by atoms with Gasteiger partial charge in [-0.25, -0.2) is 9.97 Å². The minimum Gasteiger partial charge on any atom is -0.497 e. The molecule has 0 aromatic carbocycles. The fraction of sp³-hybridized carbons (Fsp3) is 0.357. The predicted octanol–water partition coefficient (Wildman–Crippen LogP) is 1.79. The van der Waals surface area contributed by atoms with Crippen LogP contribution >= 0.6 is 0 Å². The molecule has 0 aliphatic rings. The number of nitrogens with zero attached hydrogens (tertiary/aromatic N) is 3. The minimum atomic E-state index is 0.682. The van der Waals surface area contributed by atoms with Crippen molar-refractivity contribution in [2.75, 3.05) is 7.11 Å². The van der Waals surface area contributed by atoms with Crippen LogP contribution < -0.4 is 10.1 Å². The Morgan fingerprint density at radius 2 is 1.89 bits per heavy atom. The second-order valence-electron chi connectivity index (χ2n) is 4.34. The van der Waals surface area contributed by atoms with Crippen molar-refractivity contribution in [3.8, 4) is 5.75 Å². The van der Waals surface area contributed by atoms with Crippen LogP contribution in [0.25, 0.3) is 0 Å². The van der Waals surface area contributed by atoms with Crippen LogP contribution in [0.4, 0.5) is 0 Å². The molecule has 0 aliphatic heterocycles. The molecule has 0 amide bonds. The highest BCUT2D eigenvalue weighted by molar-refractivity contribution is 5.26. The van der Waals surface area contributed by atoms with Gasteiger partial charge in [0.05, 0.1) is 18.5 Å². The van der Waals surface area contributed by atoms with Crippen molar-refractivity contribution in [3.63, 3.8) is 0 Å². The number of aryl methyl sites for hydroxylation is 2. The monoisotopic (exact) mass is 258 g/mol. The van der Waals surface area contributed by atoms with Crippen LogP contribution in [0, 0.1) is 13.8 Å². The van der Waals surface area contributed by atoms with E-state index in [1.54, 1.807) is 13.3 Å². The van der Waals surface area contributed by atoms with Crippen LogP contribution in [0.2, 0.25) is 0 Å². The highest BCUT2D eigenvalue weighted by Gasteiger charge is 2.01. The smallest absolute Gasteiger partial charge is 0.125 e.